The molecule has 0 bridgehead atoms. The largest absolute Gasteiger partial charge is 0.438 e. The van der Waals surface area contributed by atoms with Gasteiger partial charge in [0.2, 0.25) is 15.9 Å². The third-order valence-corrected chi connectivity index (χ3v) is 6.03. The maximum atomic E-state index is 13.2. The molecule has 1 aromatic carbocycles. The molecule has 0 unspecified atom stereocenters. The second-order valence-electron chi connectivity index (χ2n) is 6.86. The molecular weight excluding hydrogens is 423 g/mol. The van der Waals surface area contributed by atoms with Crippen LogP contribution in [0.5, 0.6) is 11.6 Å². The predicted octanol–water partition coefficient (Wildman–Crippen LogP) is 3.62. The maximum absolute atomic E-state index is 13.2. The number of H-pyrrole nitrogens is 1. The van der Waals surface area contributed by atoms with Crippen molar-refractivity contribution >= 4 is 26.6 Å². The molecule has 0 aliphatic heterocycles. The van der Waals surface area contributed by atoms with Gasteiger partial charge < -0.3 is 14.3 Å². The van der Waals surface area contributed by atoms with Gasteiger partial charge in [-0.25, -0.2) is 17.8 Å². The minimum atomic E-state index is -3.50. The number of benzene rings is 1. The van der Waals surface area contributed by atoms with Crippen LogP contribution in [0.3, 0.4) is 0 Å². The highest BCUT2D eigenvalue weighted by molar-refractivity contribution is 7.92. The number of ether oxygens (including phenoxy) is 1. The van der Waals surface area contributed by atoms with Crippen LogP contribution in [0.25, 0.3) is 22.0 Å². The Kier molecular flexibility index (Phi) is 5.24. The molecule has 0 atom stereocenters. The molecule has 0 radical (unpaired) electrons. The Morgan fingerprint density at radius 2 is 2.00 bits per heavy atom. The molecule has 10 heteroatoms. The quantitative estimate of drug-likeness (QED) is 0.474. The molecule has 4 rings (SSSR count). The van der Waals surface area contributed by atoms with Gasteiger partial charge in [-0.1, -0.05) is 0 Å². The summed E-state index contributed by atoms with van der Waals surface area (Å²) in [7, 11) is -1.87. The number of aryl methyl sites for hydroxylation is 1. The Labute approximate surface area is 177 Å². The molecule has 0 fully saturated rings. The number of halogens is 1. The summed E-state index contributed by atoms with van der Waals surface area (Å²) in [4.78, 5) is 19.4. The molecule has 0 spiro atoms. The highest BCUT2D eigenvalue weighted by Crippen LogP contribution is 2.37. The second kappa shape index (κ2) is 7.88. The van der Waals surface area contributed by atoms with E-state index in [1.807, 2.05) is 0 Å². The summed E-state index contributed by atoms with van der Waals surface area (Å²) in [6.07, 6.45) is 4.33. The van der Waals surface area contributed by atoms with Gasteiger partial charge in [-0.05, 0) is 37.3 Å². The molecule has 0 saturated heterocycles. The SMILES string of the molecule is CCS(=O)(=O)Nc1ccc(Oc2ccc(F)cn2)c(-c2cn(C)c(=O)c3cc[nH]c23)c1. The molecule has 31 heavy (non-hydrogen) atoms. The number of nitrogens with zero attached hydrogens (tertiary/aromatic N) is 2. The van der Waals surface area contributed by atoms with Gasteiger partial charge >= 0.3 is 0 Å². The first-order chi connectivity index (χ1) is 14.8. The van der Waals surface area contributed by atoms with Gasteiger partial charge in [-0.2, -0.15) is 0 Å². The number of nitrogens with one attached hydrogen (secondary N) is 2. The van der Waals surface area contributed by atoms with E-state index >= 15 is 0 Å². The summed E-state index contributed by atoms with van der Waals surface area (Å²) in [5.41, 5.74) is 1.88. The molecule has 160 valence electrons. The minimum absolute atomic E-state index is 0.0825. The average molecular weight is 442 g/mol. The fourth-order valence-electron chi connectivity index (χ4n) is 3.16. The summed E-state index contributed by atoms with van der Waals surface area (Å²) < 4.78 is 47.2. The van der Waals surface area contributed by atoms with Gasteiger partial charge in [0.25, 0.3) is 5.56 Å². The lowest BCUT2D eigenvalue weighted by molar-refractivity contribution is 0.461. The Hall–Kier alpha value is -3.66. The van der Waals surface area contributed by atoms with Gasteiger partial charge in [-0.15, -0.1) is 0 Å². The Balaban J connectivity index is 1.91. The lowest BCUT2D eigenvalue weighted by Crippen LogP contribution is -2.16. The standard InChI is InChI=1S/C21H19FN4O4S/c1-3-31(28,29)25-14-5-6-18(30-19-7-4-13(22)11-24-19)16(10-14)17-12-26(2)21(27)15-8-9-23-20(15)17/h4-12,23,25H,3H2,1-2H3. The van der Waals surface area contributed by atoms with Crippen molar-refractivity contribution in [1.82, 2.24) is 14.5 Å². The Bertz CT molecular complexity index is 1430. The van der Waals surface area contributed by atoms with Crippen LogP contribution in [0.15, 0.2) is 59.8 Å². The summed E-state index contributed by atoms with van der Waals surface area (Å²) in [6, 6.07) is 9.05. The van der Waals surface area contributed by atoms with Gasteiger partial charge in [0, 0.05) is 42.3 Å². The number of anilines is 1. The number of sulfonamides is 1. The third-order valence-electron chi connectivity index (χ3n) is 4.73. The van der Waals surface area contributed by atoms with E-state index in [1.54, 1.807) is 43.7 Å². The first-order valence-electron chi connectivity index (χ1n) is 9.38. The van der Waals surface area contributed by atoms with Crippen LogP contribution in [-0.4, -0.2) is 28.7 Å². The Morgan fingerprint density at radius 3 is 2.71 bits per heavy atom. The number of aromatic amines is 1. The molecule has 3 aromatic heterocycles. The van der Waals surface area contributed by atoms with E-state index in [1.165, 1.54) is 23.6 Å². The zero-order chi connectivity index (χ0) is 22.2. The summed E-state index contributed by atoms with van der Waals surface area (Å²) >= 11 is 0. The number of hydrogen-bond donors (Lipinski definition) is 2. The summed E-state index contributed by atoms with van der Waals surface area (Å²) in [5.74, 6) is -0.0610. The van der Waals surface area contributed by atoms with E-state index in [-0.39, 0.29) is 17.2 Å². The topological polar surface area (TPSA) is 106 Å². The smallest absolute Gasteiger partial charge is 0.259 e. The van der Waals surface area contributed by atoms with Crippen molar-refractivity contribution < 1.29 is 17.5 Å². The molecule has 8 nitrogen and oxygen atoms in total. The zero-order valence-corrected chi connectivity index (χ0v) is 17.5. The van der Waals surface area contributed by atoms with Crippen LogP contribution in [-0.2, 0) is 17.1 Å². The van der Waals surface area contributed by atoms with Gasteiger partial charge in [0.05, 0.1) is 22.9 Å². The van der Waals surface area contributed by atoms with E-state index in [9.17, 15) is 17.6 Å². The van der Waals surface area contributed by atoms with Crippen LogP contribution in [0.4, 0.5) is 10.1 Å². The van der Waals surface area contributed by atoms with Crippen molar-refractivity contribution in [1.29, 1.82) is 0 Å². The van der Waals surface area contributed by atoms with Gasteiger partial charge in [0.15, 0.2) is 0 Å². The number of pyridine rings is 2. The van der Waals surface area contributed by atoms with Crippen LogP contribution >= 0.6 is 0 Å². The van der Waals surface area contributed by atoms with E-state index in [0.29, 0.717) is 33.5 Å². The number of rotatable bonds is 6. The normalized spacial score (nSPS) is 11.6. The molecular formula is C21H19FN4O4S. The fourth-order valence-corrected chi connectivity index (χ4v) is 3.79. The van der Waals surface area contributed by atoms with Crippen LogP contribution in [0, 0.1) is 5.82 Å². The molecule has 4 aromatic rings. The molecule has 0 saturated carbocycles. The van der Waals surface area contributed by atoms with Crippen molar-refractivity contribution in [2.45, 2.75) is 6.92 Å². The fraction of sp³-hybridized carbons (Fsp3) is 0.143. The van der Waals surface area contributed by atoms with E-state index in [2.05, 4.69) is 14.7 Å². The monoisotopic (exact) mass is 442 g/mol. The summed E-state index contributed by atoms with van der Waals surface area (Å²) in [5, 5.41) is 0.477. The van der Waals surface area contributed by atoms with Crippen molar-refractivity contribution in [3.63, 3.8) is 0 Å². The van der Waals surface area contributed by atoms with Gasteiger partial charge in [-0.3, -0.25) is 9.52 Å². The number of aromatic nitrogens is 3. The average Bonchev–Trinajstić information content (AvgIpc) is 3.23. The van der Waals surface area contributed by atoms with Crippen LogP contribution in [0.2, 0.25) is 0 Å². The van der Waals surface area contributed by atoms with Gasteiger partial charge in [0.1, 0.15) is 11.6 Å². The van der Waals surface area contributed by atoms with Crippen LogP contribution < -0.4 is 15.0 Å². The second-order valence-corrected chi connectivity index (χ2v) is 8.87. The van der Waals surface area contributed by atoms with Crippen molar-refractivity contribution in [3.05, 3.63) is 71.2 Å². The lowest BCUT2D eigenvalue weighted by Gasteiger charge is -2.15. The molecule has 0 aliphatic carbocycles. The van der Waals surface area contributed by atoms with Crippen LogP contribution in [0.1, 0.15) is 6.92 Å². The van der Waals surface area contributed by atoms with E-state index in [4.69, 9.17) is 4.74 Å². The highest BCUT2D eigenvalue weighted by Gasteiger charge is 2.17. The first kappa shape index (κ1) is 20.6. The lowest BCUT2D eigenvalue weighted by atomic mass is 10.0. The maximum Gasteiger partial charge on any atom is 0.259 e. The summed E-state index contributed by atoms with van der Waals surface area (Å²) in [6.45, 7) is 1.54. The highest BCUT2D eigenvalue weighted by atomic mass is 32.2. The molecule has 0 aliphatic rings. The molecule has 2 N–H and O–H groups in total. The van der Waals surface area contributed by atoms with E-state index in [0.717, 1.165) is 6.20 Å². The Morgan fingerprint density at radius 1 is 1.19 bits per heavy atom. The van der Waals surface area contributed by atoms with Crippen molar-refractivity contribution in [2.24, 2.45) is 7.05 Å². The van der Waals surface area contributed by atoms with Crippen molar-refractivity contribution in [2.75, 3.05) is 10.5 Å². The predicted molar refractivity (Wildman–Crippen MR) is 116 cm³/mol. The molecule has 3 heterocycles. The minimum Gasteiger partial charge on any atom is -0.438 e. The number of fused-ring (bicyclic) bond motifs is 1. The first-order valence-corrected chi connectivity index (χ1v) is 11.0. The zero-order valence-electron chi connectivity index (χ0n) is 16.7. The van der Waals surface area contributed by atoms with E-state index < -0.39 is 15.8 Å². The molecule has 0 amide bonds. The van der Waals surface area contributed by atoms with Crippen molar-refractivity contribution in [3.8, 4) is 22.8 Å². The third kappa shape index (κ3) is 4.15. The number of hydrogen-bond acceptors (Lipinski definition) is 5.